The molecule has 1 amide bonds. The van der Waals surface area contributed by atoms with Crippen molar-refractivity contribution in [2.45, 2.75) is 74.9 Å². The lowest BCUT2D eigenvalue weighted by Crippen LogP contribution is -2.42. The van der Waals surface area contributed by atoms with Crippen LogP contribution in [0.2, 0.25) is 5.02 Å². The fourth-order valence-corrected chi connectivity index (χ4v) is 7.59. The number of amides is 1. The molecule has 2 aromatic rings. The van der Waals surface area contributed by atoms with Gasteiger partial charge in [-0.1, -0.05) is 29.8 Å². The molecule has 1 aromatic carbocycles. The normalized spacial score (nSPS) is 25.3. The average molecular weight is 669 g/mol. The number of hydrogen-bond acceptors (Lipinski definition) is 5. The molecule has 3 atom stereocenters. The Balaban J connectivity index is 1.40. The van der Waals surface area contributed by atoms with Gasteiger partial charge in [-0.15, -0.1) is 0 Å². The van der Waals surface area contributed by atoms with Crippen molar-refractivity contribution in [1.29, 1.82) is 0 Å². The van der Waals surface area contributed by atoms with E-state index in [-0.39, 0.29) is 54.8 Å². The number of hydrogen-bond donors (Lipinski definition) is 1. The van der Waals surface area contributed by atoms with E-state index in [4.69, 9.17) is 11.6 Å². The molecule has 248 valence electrons. The summed E-state index contributed by atoms with van der Waals surface area (Å²) in [4.78, 5) is 42.0. The van der Waals surface area contributed by atoms with E-state index in [0.29, 0.717) is 41.8 Å². The summed E-state index contributed by atoms with van der Waals surface area (Å²) in [5.41, 5.74) is -0.651. The van der Waals surface area contributed by atoms with Crippen LogP contribution in [0.25, 0.3) is 5.57 Å². The van der Waals surface area contributed by atoms with Crippen molar-refractivity contribution in [3.05, 3.63) is 57.4 Å². The van der Waals surface area contributed by atoms with E-state index in [1.165, 1.54) is 37.2 Å². The summed E-state index contributed by atoms with van der Waals surface area (Å²) in [5, 5.41) is 13.9. The number of aliphatic carboxylic acids is 1. The number of rotatable bonds is 6. The molecule has 0 radical (unpaired) electrons. The third-order valence-corrected chi connectivity index (χ3v) is 10.4. The Hall–Kier alpha value is -3.32. The third-order valence-electron chi connectivity index (χ3n) is 10.1. The molecule has 2 heterocycles. The van der Waals surface area contributed by atoms with Crippen molar-refractivity contribution >= 4 is 35.0 Å². The number of benzene rings is 1. The lowest BCUT2D eigenvalue weighted by atomic mass is 9.82. The van der Waals surface area contributed by atoms with Gasteiger partial charge in [0.1, 0.15) is 0 Å². The van der Waals surface area contributed by atoms with Gasteiger partial charge in [-0.25, -0.2) is 8.78 Å². The van der Waals surface area contributed by atoms with E-state index in [0.717, 1.165) is 9.58 Å². The van der Waals surface area contributed by atoms with Crippen molar-refractivity contribution in [2.24, 2.45) is 11.8 Å². The van der Waals surface area contributed by atoms with Crippen LogP contribution >= 0.6 is 11.6 Å². The van der Waals surface area contributed by atoms with Gasteiger partial charge < -0.3 is 10.0 Å². The first kappa shape index (κ1) is 32.6. The van der Waals surface area contributed by atoms with Gasteiger partial charge >= 0.3 is 12.1 Å². The van der Waals surface area contributed by atoms with Gasteiger partial charge in [0, 0.05) is 24.4 Å². The molecule has 4 aliphatic rings. The zero-order valence-electron chi connectivity index (χ0n) is 25.3. The molecule has 6 rings (SSSR count). The molecular formula is C32H34ClF5N4O4. The summed E-state index contributed by atoms with van der Waals surface area (Å²) in [7, 11) is 3.05. The minimum atomic E-state index is -4.62. The Kier molecular flexibility index (Phi) is 8.10. The number of fused-ring (bicyclic) bond motifs is 1. The molecule has 46 heavy (non-hydrogen) atoms. The van der Waals surface area contributed by atoms with Gasteiger partial charge in [-0.05, 0) is 76.2 Å². The SMILES string of the molecule is CN(C)C1CN(C(=O)C2CCc3c(C4=CCC(C(=O)O)CC4)nn(C(=O)c4c(Cl)cccc4C4(C(F)(F)F)CC4)c3C2)CC1(F)F. The van der Waals surface area contributed by atoms with Gasteiger partial charge in [0.15, 0.2) is 0 Å². The summed E-state index contributed by atoms with van der Waals surface area (Å²) in [5.74, 6) is -6.71. The summed E-state index contributed by atoms with van der Waals surface area (Å²) in [6.07, 6.45) is -1.74. The Morgan fingerprint density at radius 2 is 1.78 bits per heavy atom. The van der Waals surface area contributed by atoms with Crippen LogP contribution in [0.3, 0.4) is 0 Å². The molecule has 14 heteroatoms. The number of aromatic nitrogens is 2. The standard InChI is InChI=1S/C32H34ClF5N4O4/c1-40(2)24-15-41(16-31(24,34)35)27(43)19-10-11-20-23(14-19)42(39-26(20)17-6-8-18(9-7-17)29(45)46)28(44)25-21(4-3-5-22(25)33)30(12-13-30)32(36,37)38/h3-6,18-19,24H,7-16H2,1-2H3,(H,45,46). The molecule has 3 unspecified atom stereocenters. The number of carbonyl (C=O) groups is 3. The minimum Gasteiger partial charge on any atom is -0.481 e. The highest BCUT2D eigenvalue weighted by Crippen LogP contribution is 2.60. The number of likely N-dealkylation sites (N-methyl/N-ethyl adjacent to an activating group) is 1. The molecule has 1 saturated heterocycles. The summed E-state index contributed by atoms with van der Waals surface area (Å²) < 4.78 is 73.3. The number of carboxylic acid groups (broad SMARTS) is 1. The number of alkyl halides is 5. The van der Waals surface area contributed by atoms with Crippen molar-refractivity contribution in [3.63, 3.8) is 0 Å². The fraction of sp³-hybridized carbons (Fsp3) is 0.562. The largest absolute Gasteiger partial charge is 0.481 e. The van der Waals surface area contributed by atoms with E-state index < -0.39 is 59.7 Å². The number of nitrogens with zero attached hydrogens (tertiary/aromatic N) is 4. The van der Waals surface area contributed by atoms with E-state index in [9.17, 15) is 41.4 Å². The van der Waals surface area contributed by atoms with Crippen molar-refractivity contribution in [1.82, 2.24) is 19.6 Å². The number of carbonyl (C=O) groups excluding carboxylic acids is 2. The van der Waals surface area contributed by atoms with Gasteiger partial charge in [0.05, 0.1) is 45.9 Å². The second kappa shape index (κ2) is 11.4. The van der Waals surface area contributed by atoms with Gasteiger partial charge in [-0.2, -0.15) is 23.0 Å². The van der Waals surface area contributed by atoms with Gasteiger partial charge in [-0.3, -0.25) is 19.3 Å². The van der Waals surface area contributed by atoms with Crippen LogP contribution in [0.15, 0.2) is 24.3 Å². The first-order valence-corrected chi connectivity index (χ1v) is 15.7. The van der Waals surface area contributed by atoms with Crippen molar-refractivity contribution < 1.29 is 41.4 Å². The molecule has 1 aliphatic heterocycles. The van der Waals surface area contributed by atoms with E-state index in [1.807, 2.05) is 0 Å². The smallest absolute Gasteiger partial charge is 0.398 e. The second-order valence-corrected chi connectivity index (χ2v) is 13.6. The fourth-order valence-electron chi connectivity index (χ4n) is 7.33. The third kappa shape index (κ3) is 5.42. The van der Waals surface area contributed by atoms with Gasteiger partial charge in [0.25, 0.3) is 11.8 Å². The maximum absolute atomic E-state index is 14.8. The van der Waals surface area contributed by atoms with Gasteiger partial charge in [0.2, 0.25) is 5.91 Å². The molecule has 1 saturated carbocycles. The first-order chi connectivity index (χ1) is 21.6. The highest BCUT2D eigenvalue weighted by atomic mass is 35.5. The van der Waals surface area contributed by atoms with E-state index in [1.54, 1.807) is 6.08 Å². The number of allylic oxidation sites excluding steroid dienone is 2. The monoisotopic (exact) mass is 668 g/mol. The van der Waals surface area contributed by atoms with Crippen LogP contribution in [0.4, 0.5) is 22.0 Å². The molecule has 2 fully saturated rings. The maximum atomic E-state index is 14.8. The summed E-state index contributed by atoms with van der Waals surface area (Å²) >= 11 is 6.44. The molecule has 8 nitrogen and oxygen atoms in total. The molecule has 0 bridgehead atoms. The van der Waals surface area contributed by atoms with E-state index >= 15 is 0 Å². The molecule has 1 N–H and O–H groups in total. The second-order valence-electron chi connectivity index (χ2n) is 13.2. The van der Waals surface area contributed by atoms with Crippen LogP contribution in [0.5, 0.6) is 0 Å². The summed E-state index contributed by atoms with van der Waals surface area (Å²) in [6, 6.07) is 2.83. The Morgan fingerprint density at radius 1 is 1.09 bits per heavy atom. The predicted octanol–water partition coefficient (Wildman–Crippen LogP) is 5.60. The van der Waals surface area contributed by atoms with Crippen molar-refractivity contribution in [2.75, 3.05) is 27.2 Å². The van der Waals surface area contributed by atoms with Crippen molar-refractivity contribution in [3.8, 4) is 0 Å². The Labute approximate surface area is 267 Å². The lowest BCUT2D eigenvalue weighted by Gasteiger charge is -2.28. The van der Waals surface area contributed by atoms with Crippen LogP contribution in [-0.4, -0.2) is 87.8 Å². The Morgan fingerprint density at radius 3 is 2.35 bits per heavy atom. The topological polar surface area (TPSA) is 95.7 Å². The zero-order valence-corrected chi connectivity index (χ0v) is 26.1. The van der Waals surface area contributed by atoms with Crippen LogP contribution in [-0.2, 0) is 27.8 Å². The van der Waals surface area contributed by atoms with E-state index in [2.05, 4.69) is 5.10 Å². The van der Waals surface area contributed by atoms with Crippen LogP contribution in [0.1, 0.15) is 71.4 Å². The van der Waals surface area contributed by atoms with Crippen LogP contribution < -0.4 is 0 Å². The summed E-state index contributed by atoms with van der Waals surface area (Å²) in [6.45, 7) is -0.895. The highest BCUT2D eigenvalue weighted by Gasteiger charge is 2.65. The molecular weight excluding hydrogens is 635 g/mol. The lowest BCUT2D eigenvalue weighted by molar-refractivity contribution is -0.160. The molecule has 0 spiro atoms. The average Bonchev–Trinajstić information content (AvgIpc) is 3.64. The number of likely N-dealkylation sites (tertiary alicyclic amines) is 1. The first-order valence-electron chi connectivity index (χ1n) is 15.3. The minimum absolute atomic E-state index is 0.0309. The van der Waals surface area contributed by atoms with Crippen LogP contribution in [0, 0.1) is 11.8 Å². The predicted molar refractivity (Wildman–Crippen MR) is 158 cm³/mol. The Bertz CT molecular complexity index is 1630. The molecule has 3 aliphatic carbocycles. The number of carboxylic acids is 1. The quantitative estimate of drug-likeness (QED) is 0.403. The molecule has 1 aromatic heterocycles. The number of halogens is 6. The maximum Gasteiger partial charge on any atom is 0.398 e. The zero-order chi connectivity index (χ0) is 33.3. The highest BCUT2D eigenvalue weighted by molar-refractivity contribution is 6.34.